The average molecular weight is 390 g/mol. The van der Waals surface area contributed by atoms with Crippen LogP contribution in [-0.4, -0.2) is 52.4 Å². The molecule has 2 aromatic heterocycles. The molecule has 0 bridgehead atoms. The fraction of sp³-hybridized carbons (Fsp3) is 0.467. The molecular formula is C15H15F5N6O. The second-order valence-corrected chi connectivity index (χ2v) is 5.84. The van der Waals surface area contributed by atoms with E-state index in [1.165, 1.54) is 12.3 Å². The van der Waals surface area contributed by atoms with Crippen LogP contribution in [0.1, 0.15) is 5.69 Å². The topological polar surface area (TPSA) is 67.2 Å². The van der Waals surface area contributed by atoms with E-state index in [2.05, 4.69) is 15.1 Å². The smallest absolute Gasteiger partial charge is 0.367 e. The molecular weight excluding hydrogens is 375 g/mol. The Labute approximate surface area is 150 Å². The van der Waals surface area contributed by atoms with Gasteiger partial charge in [-0.1, -0.05) is 0 Å². The van der Waals surface area contributed by atoms with Crippen LogP contribution < -0.4 is 15.4 Å². The van der Waals surface area contributed by atoms with Crippen molar-refractivity contribution in [1.29, 1.82) is 0 Å². The monoisotopic (exact) mass is 390 g/mol. The molecule has 1 aliphatic heterocycles. The van der Waals surface area contributed by atoms with Gasteiger partial charge in [-0.15, -0.1) is 0 Å². The number of hydrogen-bond acceptors (Lipinski definition) is 6. The minimum atomic E-state index is -4.55. The van der Waals surface area contributed by atoms with Crippen molar-refractivity contribution in [2.45, 2.75) is 19.1 Å². The van der Waals surface area contributed by atoms with Crippen LogP contribution in [0.15, 0.2) is 29.3 Å². The van der Waals surface area contributed by atoms with Gasteiger partial charge in [0.1, 0.15) is 12.2 Å². The number of hydrogen-bond donors (Lipinski definition) is 0. The third kappa shape index (κ3) is 4.49. The summed E-state index contributed by atoms with van der Waals surface area (Å²) < 4.78 is 63.7. The fourth-order valence-corrected chi connectivity index (χ4v) is 2.69. The van der Waals surface area contributed by atoms with Crippen molar-refractivity contribution in [2.75, 3.05) is 36.0 Å². The van der Waals surface area contributed by atoms with Gasteiger partial charge in [-0.3, -0.25) is 4.79 Å². The van der Waals surface area contributed by atoms with Crippen LogP contribution in [-0.2, 0) is 12.7 Å². The molecule has 1 fully saturated rings. The van der Waals surface area contributed by atoms with Crippen molar-refractivity contribution in [1.82, 2.24) is 19.7 Å². The minimum Gasteiger partial charge on any atom is -0.367 e. The normalized spacial score (nSPS) is 15.5. The third-order valence-electron chi connectivity index (χ3n) is 4.03. The van der Waals surface area contributed by atoms with Gasteiger partial charge in [-0.25, -0.2) is 23.4 Å². The highest BCUT2D eigenvalue weighted by molar-refractivity contribution is 5.45. The lowest BCUT2D eigenvalue weighted by Crippen LogP contribution is -2.47. The predicted molar refractivity (Wildman–Crippen MR) is 86.0 cm³/mol. The van der Waals surface area contributed by atoms with Gasteiger partial charge in [-0.2, -0.15) is 18.3 Å². The van der Waals surface area contributed by atoms with Crippen molar-refractivity contribution >= 4 is 11.6 Å². The van der Waals surface area contributed by atoms with E-state index in [1.807, 2.05) is 0 Å². The molecule has 7 nitrogen and oxygen atoms in total. The Bertz CT molecular complexity index is 847. The second-order valence-electron chi connectivity index (χ2n) is 5.84. The zero-order valence-electron chi connectivity index (χ0n) is 13.9. The first-order valence-corrected chi connectivity index (χ1v) is 7.99. The Kier molecular flexibility index (Phi) is 5.24. The Balaban J connectivity index is 1.67. The summed E-state index contributed by atoms with van der Waals surface area (Å²) in [4.78, 5) is 22.7. The van der Waals surface area contributed by atoms with E-state index in [-0.39, 0.29) is 5.95 Å². The first-order chi connectivity index (χ1) is 12.7. The van der Waals surface area contributed by atoms with E-state index in [0.29, 0.717) is 36.5 Å². The number of rotatable bonds is 4. The van der Waals surface area contributed by atoms with Crippen LogP contribution >= 0.6 is 0 Å². The number of piperazine rings is 1. The van der Waals surface area contributed by atoms with E-state index < -0.39 is 30.4 Å². The third-order valence-corrected chi connectivity index (χ3v) is 4.03. The number of anilines is 2. The van der Waals surface area contributed by atoms with E-state index >= 15 is 0 Å². The molecule has 1 aliphatic rings. The summed E-state index contributed by atoms with van der Waals surface area (Å²) in [6, 6.07) is 2.02. The lowest BCUT2D eigenvalue weighted by atomic mass is 10.3. The molecule has 146 valence electrons. The standard InChI is InChI=1S/C15H15F5N6O/c16-12(17)9-26-13(27)7-10(8-22-26)24-3-5-25(6-4-24)14-21-2-1-11(23-14)15(18,19)20/h1-2,7-8,12H,3-6,9H2. The van der Waals surface area contributed by atoms with Gasteiger partial charge in [0.25, 0.3) is 12.0 Å². The second kappa shape index (κ2) is 7.45. The summed E-state index contributed by atoms with van der Waals surface area (Å²) in [6.07, 6.45) is -4.85. The van der Waals surface area contributed by atoms with Crippen LogP contribution in [0.4, 0.5) is 33.6 Å². The highest BCUT2D eigenvalue weighted by Gasteiger charge is 2.33. The van der Waals surface area contributed by atoms with Crippen molar-refractivity contribution < 1.29 is 22.0 Å². The van der Waals surface area contributed by atoms with Crippen molar-refractivity contribution in [3.8, 4) is 0 Å². The van der Waals surface area contributed by atoms with Crippen LogP contribution in [0.5, 0.6) is 0 Å². The molecule has 0 amide bonds. The Morgan fingerprint density at radius 3 is 2.37 bits per heavy atom. The highest BCUT2D eigenvalue weighted by atomic mass is 19.4. The summed E-state index contributed by atoms with van der Waals surface area (Å²) in [5, 5.41) is 3.73. The Hall–Kier alpha value is -2.79. The maximum atomic E-state index is 12.8. The Morgan fingerprint density at radius 2 is 1.78 bits per heavy atom. The molecule has 0 radical (unpaired) electrons. The molecule has 0 unspecified atom stereocenters. The molecule has 0 atom stereocenters. The lowest BCUT2D eigenvalue weighted by molar-refractivity contribution is -0.141. The van der Waals surface area contributed by atoms with Crippen LogP contribution in [0, 0.1) is 0 Å². The summed E-state index contributed by atoms with van der Waals surface area (Å²) in [6.45, 7) is 0.668. The summed E-state index contributed by atoms with van der Waals surface area (Å²) >= 11 is 0. The number of alkyl halides is 5. The molecule has 1 saturated heterocycles. The van der Waals surface area contributed by atoms with E-state index in [0.717, 1.165) is 12.3 Å². The van der Waals surface area contributed by atoms with Crippen LogP contribution in [0.2, 0.25) is 0 Å². The fourth-order valence-electron chi connectivity index (χ4n) is 2.69. The van der Waals surface area contributed by atoms with Gasteiger partial charge >= 0.3 is 6.18 Å². The molecule has 0 aromatic carbocycles. The first kappa shape index (κ1) is 19.0. The van der Waals surface area contributed by atoms with Gasteiger partial charge in [0, 0.05) is 38.4 Å². The van der Waals surface area contributed by atoms with E-state index in [4.69, 9.17) is 0 Å². The lowest BCUT2D eigenvalue weighted by Gasteiger charge is -2.35. The summed E-state index contributed by atoms with van der Waals surface area (Å²) in [5.74, 6) is -0.0186. The van der Waals surface area contributed by atoms with Gasteiger partial charge in [0.05, 0.1) is 11.9 Å². The maximum Gasteiger partial charge on any atom is 0.433 e. The van der Waals surface area contributed by atoms with Crippen LogP contribution in [0.3, 0.4) is 0 Å². The molecule has 2 aromatic rings. The number of aromatic nitrogens is 4. The van der Waals surface area contributed by atoms with Crippen molar-refractivity contribution in [2.24, 2.45) is 0 Å². The highest BCUT2D eigenvalue weighted by Crippen LogP contribution is 2.28. The Morgan fingerprint density at radius 1 is 1.11 bits per heavy atom. The number of halogens is 5. The summed E-state index contributed by atoms with van der Waals surface area (Å²) in [7, 11) is 0. The van der Waals surface area contributed by atoms with Gasteiger partial charge in [0.2, 0.25) is 5.95 Å². The van der Waals surface area contributed by atoms with Crippen molar-refractivity contribution in [3.05, 3.63) is 40.6 Å². The van der Waals surface area contributed by atoms with Crippen molar-refractivity contribution in [3.63, 3.8) is 0 Å². The zero-order valence-corrected chi connectivity index (χ0v) is 13.9. The number of nitrogens with zero attached hydrogens (tertiary/aromatic N) is 6. The van der Waals surface area contributed by atoms with E-state index in [1.54, 1.807) is 9.80 Å². The molecule has 3 heterocycles. The molecule has 12 heteroatoms. The zero-order chi connectivity index (χ0) is 19.6. The molecule has 3 rings (SSSR count). The first-order valence-electron chi connectivity index (χ1n) is 7.99. The van der Waals surface area contributed by atoms with Gasteiger partial charge in [-0.05, 0) is 6.07 Å². The van der Waals surface area contributed by atoms with Gasteiger partial charge < -0.3 is 9.80 Å². The predicted octanol–water partition coefficient (Wildman–Crippen LogP) is 1.64. The molecule has 27 heavy (non-hydrogen) atoms. The average Bonchev–Trinajstić information content (AvgIpc) is 2.63. The summed E-state index contributed by atoms with van der Waals surface area (Å²) in [5.41, 5.74) is -1.19. The molecule has 0 saturated carbocycles. The maximum absolute atomic E-state index is 12.8. The van der Waals surface area contributed by atoms with Crippen LogP contribution in [0.25, 0.3) is 0 Å². The quantitative estimate of drug-likeness (QED) is 0.740. The SMILES string of the molecule is O=c1cc(N2CCN(c3nccc(C(F)(F)F)n3)CC2)cnn1CC(F)F. The van der Waals surface area contributed by atoms with Gasteiger partial charge in [0.15, 0.2) is 0 Å². The van der Waals surface area contributed by atoms with E-state index in [9.17, 15) is 26.7 Å². The molecule has 0 N–H and O–H groups in total. The molecule has 0 aliphatic carbocycles. The minimum absolute atomic E-state index is 0.0186. The largest absolute Gasteiger partial charge is 0.433 e. The molecule has 0 spiro atoms.